The molecule has 8 nitrogen and oxygen atoms in total. The molecule has 1 atom stereocenters. The molecule has 1 unspecified atom stereocenters. The standard InChI is InChI=1S/C29H27NO7/c1-3-13-35-22-10-6-8-19(15-22)27(31)25-26(18-7-5-9-21(14-18)34-4-2)30(29(33)28(25)32)20-11-12-23-24(16-20)37-17-36-23/h5-12,14-16,26,31H,3-4,13,17H2,1-2H3/b27-25+. The first kappa shape index (κ1) is 24.2. The molecule has 0 aromatic heterocycles. The van der Waals surface area contributed by atoms with Crippen LogP contribution >= 0.6 is 0 Å². The van der Waals surface area contributed by atoms with Gasteiger partial charge in [-0.05, 0) is 55.3 Å². The summed E-state index contributed by atoms with van der Waals surface area (Å²) in [6.07, 6.45) is 0.826. The molecular formula is C29H27NO7. The molecule has 0 radical (unpaired) electrons. The number of Topliss-reactive ketones (excluding diaryl/α,β-unsaturated/α-hetero) is 1. The average Bonchev–Trinajstić information content (AvgIpc) is 3.49. The van der Waals surface area contributed by atoms with E-state index >= 15 is 0 Å². The van der Waals surface area contributed by atoms with Crippen molar-refractivity contribution >= 4 is 23.1 Å². The molecule has 8 heteroatoms. The van der Waals surface area contributed by atoms with Gasteiger partial charge in [-0.25, -0.2) is 0 Å². The van der Waals surface area contributed by atoms with Crippen LogP contribution in [-0.4, -0.2) is 36.8 Å². The van der Waals surface area contributed by atoms with Gasteiger partial charge in [0.05, 0.1) is 24.8 Å². The molecule has 2 heterocycles. The number of ketones is 1. The zero-order valence-corrected chi connectivity index (χ0v) is 20.6. The number of nitrogens with zero attached hydrogens (tertiary/aromatic N) is 1. The SMILES string of the molecule is CCCOc1cccc(/C(O)=C2\C(=O)C(=O)N(c3ccc4c(c3)OCO4)C2c2cccc(OCC)c2)c1. The predicted octanol–water partition coefficient (Wildman–Crippen LogP) is 5.23. The molecule has 1 amide bonds. The molecule has 1 saturated heterocycles. The largest absolute Gasteiger partial charge is 0.507 e. The van der Waals surface area contributed by atoms with Crippen molar-refractivity contribution in [2.45, 2.75) is 26.3 Å². The number of aliphatic hydroxyl groups is 1. The maximum absolute atomic E-state index is 13.5. The summed E-state index contributed by atoms with van der Waals surface area (Å²) in [5.41, 5.74) is 1.41. The highest BCUT2D eigenvalue weighted by atomic mass is 16.7. The summed E-state index contributed by atoms with van der Waals surface area (Å²) in [5, 5.41) is 11.4. The summed E-state index contributed by atoms with van der Waals surface area (Å²) < 4.78 is 22.3. The van der Waals surface area contributed by atoms with Gasteiger partial charge >= 0.3 is 0 Å². The lowest BCUT2D eigenvalue weighted by molar-refractivity contribution is -0.132. The third-order valence-corrected chi connectivity index (χ3v) is 6.14. The summed E-state index contributed by atoms with van der Waals surface area (Å²) in [7, 11) is 0. The van der Waals surface area contributed by atoms with Gasteiger partial charge in [-0.3, -0.25) is 14.5 Å². The van der Waals surface area contributed by atoms with Crippen molar-refractivity contribution in [2.75, 3.05) is 24.9 Å². The first-order valence-corrected chi connectivity index (χ1v) is 12.2. The van der Waals surface area contributed by atoms with Gasteiger partial charge < -0.3 is 24.1 Å². The third-order valence-electron chi connectivity index (χ3n) is 6.14. The van der Waals surface area contributed by atoms with Crippen molar-refractivity contribution < 1.29 is 33.6 Å². The predicted molar refractivity (Wildman–Crippen MR) is 137 cm³/mol. The lowest BCUT2D eigenvalue weighted by Crippen LogP contribution is -2.29. The molecule has 2 aliphatic heterocycles. The molecule has 0 saturated carbocycles. The van der Waals surface area contributed by atoms with Gasteiger partial charge in [-0.15, -0.1) is 0 Å². The Kier molecular flexibility index (Phi) is 6.72. The van der Waals surface area contributed by atoms with Crippen LogP contribution in [-0.2, 0) is 9.59 Å². The Bertz CT molecular complexity index is 1380. The number of carbonyl (C=O) groups is 2. The number of amides is 1. The fourth-order valence-electron chi connectivity index (χ4n) is 4.50. The number of fused-ring (bicyclic) bond motifs is 1. The number of ether oxygens (including phenoxy) is 4. The molecule has 0 bridgehead atoms. The summed E-state index contributed by atoms with van der Waals surface area (Å²) in [4.78, 5) is 28.3. The Morgan fingerprint density at radius 3 is 2.49 bits per heavy atom. The molecular weight excluding hydrogens is 474 g/mol. The topological polar surface area (TPSA) is 94.5 Å². The molecule has 1 N–H and O–H groups in total. The minimum Gasteiger partial charge on any atom is -0.507 e. The zero-order valence-electron chi connectivity index (χ0n) is 20.6. The second-order valence-corrected chi connectivity index (χ2v) is 8.59. The second-order valence-electron chi connectivity index (χ2n) is 8.59. The Balaban J connectivity index is 1.66. The zero-order chi connectivity index (χ0) is 25.9. The van der Waals surface area contributed by atoms with Gasteiger partial charge in [0, 0.05) is 17.3 Å². The number of hydrogen-bond acceptors (Lipinski definition) is 7. The number of benzene rings is 3. The molecule has 3 aromatic carbocycles. The number of rotatable bonds is 8. The van der Waals surface area contributed by atoms with E-state index < -0.39 is 17.7 Å². The number of carbonyl (C=O) groups excluding carboxylic acids is 2. The van der Waals surface area contributed by atoms with Gasteiger partial charge in [-0.2, -0.15) is 0 Å². The maximum Gasteiger partial charge on any atom is 0.300 e. The van der Waals surface area contributed by atoms with E-state index in [1.807, 2.05) is 13.8 Å². The molecule has 190 valence electrons. The van der Waals surface area contributed by atoms with E-state index in [1.54, 1.807) is 66.7 Å². The van der Waals surface area contributed by atoms with E-state index in [2.05, 4.69) is 0 Å². The first-order chi connectivity index (χ1) is 18.0. The van der Waals surface area contributed by atoms with Crippen molar-refractivity contribution in [3.05, 3.63) is 83.4 Å². The van der Waals surface area contributed by atoms with Crippen molar-refractivity contribution in [1.29, 1.82) is 0 Å². The van der Waals surface area contributed by atoms with Gasteiger partial charge in [0.2, 0.25) is 6.79 Å². The summed E-state index contributed by atoms with van der Waals surface area (Å²) in [6.45, 7) is 4.92. The lowest BCUT2D eigenvalue weighted by Gasteiger charge is -2.26. The monoisotopic (exact) mass is 501 g/mol. The van der Waals surface area contributed by atoms with Gasteiger partial charge in [-0.1, -0.05) is 31.2 Å². The average molecular weight is 502 g/mol. The van der Waals surface area contributed by atoms with Crippen molar-refractivity contribution in [3.63, 3.8) is 0 Å². The van der Waals surface area contributed by atoms with Crippen LogP contribution in [0.4, 0.5) is 5.69 Å². The number of hydrogen-bond donors (Lipinski definition) is 1. The van der Waals surface area contributed by atoms with E-state index in [0.29, 0.717) is 53.0 Å². The maximum atomic E-state index is 13.5. The number of anilines is 1. The van der Waals surface area contributed by atoms with Crippen LogP contribution in [0.25, 0.3) is 5.76 Å². The second kappa shape index (κ2) is 10.3. The summed E-state index contributed by atoms with van der Waals surface area (Å²) in [6, 6.07) is 18.2. The molecule has 5 rings (SSSR count). The van der Waals surface area contributed by atoms with Gasteiger partial charge in [0.1, 0.15) is 17.3 Å². The quantitative estimate of drug-likeness (QED) is 0.257. The molecule has 3 aromatic rings. The van der Waals surface area contributed by atoms with E-state index in [1.165, 1.54) is 4.90 Å². The smallest absolute Gasteiger partial charge is 0.300 e. The van der Waals surface area contributed by atoms with Crippen molar-refractivity contribution in [2.24, 2.45) is 0 Å². The summed E-state index contributed by atoms with van der Waals surface area (Å²) in [5.74, 6) is 0.348. The molecule has 37 heavy (non-hydrogen) atoms. The van der Waals surface area contributed by atoms with Crippen LogP contribution in [0.3, 0.4) is 0 Å². The molecule has 0 spiro atoms. The normalized spacial score (nSPS) is 17.8. The van der Waals surface area contributed by atoms with Crippen molar-refractivity contribution in [1.82, 2.24) is 0 Å². The van der Waals surface area contributed by atoms with E-state index in [9.17, 15) is 14.7 Å². The minimum absolute atomic E-state index is 0.0241. The fourth-order valence-corrected chi connectivity index (χ4v) is 4.50. The Morgan fingerprint density at radius 1 is 0.946 bits per heavy atom. The van der Waals surface area contributed by atoms with E-state index in [-0.39, 0.29) is 18.1 Å². The number of aliphatic hydroxyl groups excluding tert-OH is 1. The van der Waals surface area contributed by atoms with Gasteiger partial charge in [0.15, 0.2) is 11.5 Å². The van der Waals surface area contributed by atoms with Crippen LogP contribution in [0.5, 0.6) is 23.0 Å². The highest BCUT2D eigenvalue weighted by Gasteiger charge is 2.47. The first-order valence-electron chi connectivity index (χ1n) is 12.2. The molecule has 1 fully saturated rings. The minimum atomic E-state index is -0.902. The summed E-state index contributed by atoms with van der Waals surface area (Å²) >= 11 is 0. The lowest BCUT2D eigenvalue weighted by atomic mass is 9.95. The van der Waals surface area contributed by atoms with Crippen molar-refractivity contribution in [3.8, 4) is 23.0 Å². The van der Waals surface area contributed by atoms with Crippen LogP contribution < -0.4 is 23.8 Å². The van der Waals surface area contributed by atoms with Crippen LogP contribution in [0.15, 0.2) is 72.3 Å². The van der Waals surface area contributed by atoms with Crippen LogP contribution in [0, 0.1) is 0 Å². The highest BCUT2D eigenvalue weighted by Crippen LogP contribution is 2.45. The molecule has 0 aliphatic carbocycles. The molecule has 2 aliphatic rings. The third kappa shape index (κ3) is 4.58. The van der Waals surface area contributed by atoms with Crippen LogP contribution in [0.2, 0.25) is 0 Å². The van der Waals surface area contributed by atoms with E-state index in [0.717, 1.165) is 6.42 Å². The Labute approximate surface area is 214 Å². The Hall–Kier alpha value is -4.46. The fraction of sp³-hybridized carbons (Fsp3) is 0.241. The van der Waals surface area contributed by atoms with E-state index in [4.69, 9.17) is 18.9 Å². The van der Waals surface area contributed by atoms with Crippen LogP contribution in [0.1, 0.15) is 37.4 Å². The van der Waals surface area contributed by atoms with Gasteiger partial charge in [0.25, 0.3) is 11.7 Å². The highest BCUT2D eigenvalue weighted by molar-refractivity contribution is 6.51. The Morgan fingerprint density at radius 2 is 1.70 bits per heavy atom.